The van der Waals surface area contributed by atoms with Crippen LogP contribution in [-0.4, -0.2) is 107 Å². The molecule has 14 heteroatoms. The molecule has 0 bridgehead atoms. The fourth-order valence-corrected chi connectivity index (χ4v) is 5.53. The minimum absolute atomic E-state index is 0. The third kappa shape index (κ3) is 18.7. The topological polar surface area (TPSA) is 154 Å². The molecule has 0 fully saturated rings. The highest BCUT2D eigenvalue weighted by Crippen LogP contribution is 2.33. The van der Waals surface area contributed by atoms with Crippen LogP contribution in [-0.2, 0) is 59.5 Å². The zero-order chi connectivity index (χ0) is 36.0. The third-order valence-electron chi connectivity index (χ3n) is 8.54. The maximum atomic E-state index is 10.7. The number of aromatic nitrogens is 6. The van der Waals surface area contributed by atoms with Crippen molar-refractivity contribution in [1.29, 1.82) is 0 Å². The average Bonchev–Trinajstić information content (AvgIpc) is 3.72. The second kappa shape index (κ2) is 25.5. The SMILES string of the molecule is C.CCC(COCc1cn(CCOCCOC)nn1)(COCC(CC)(COCc1cn(CCCCCC(=O)O)nn1)CC(C)C)COC(C)C. The second-order valence-electron chi connectivity index (χ2n) is 13.9. The normalized spacial score (nSPS) is 14.2. The molecule has 14 nitrogen and oxygen atoms in total. The van der Waals surface area contributed by atoms with Crippen molar-refractivity contribution < 1.29 is 38.3 Å². The monoisotopic (exact) mass is 713 g/mol. The zero-order valence-electron chi connectivity index (χ0n) is 31.2. The van der Waals surface area contributed by atoms with Crippen LogP contribution in [0.25, 0.3) is 0 Å². The number of ether oxygens (including phenoxy) is 6. The summed E-state index contributed by atoms with van der Waals surface area (Å²) in [5.41, 5.74) is 1.07. The Morgan fingerprint density at radius 1 is 0.760 bits per heavy atom. The maximum Gasteiger partial charge on any atom is 0.303 e. The Labute approximate surface area is 300 Å². The van der Waals surface area contributed by atoms with Crippen LogP contribution in [0.15, 0.2) is 12.4 Å². The summed E-state index contributed by atoms with van der Waals surface area (Å²) in [6, 6.07) is 0. The predicted octanol–water partition coefficient (Wildman–Crippen LogP) is 5.83. The van der Waals surface area contributed by atoms with Gasteiger partial charge in [-0.1, -0.05) is 52.0 Å². The number of rotatable bonds is 31. The van der Waals surface area contributed by atoms with Crippen LogP contribution in [0.3, 0.4) is 0 Å². The lowest BCUT2D eigenvalue weighted by molar-refractivity contribution is -0.137. The number of hydrogen-bond acceptors (Lipinski definition) is 11. The molecule has 1 N–H and O–H groups in total. The first kappa shape index (κ1) is 45.5. The number of carboxylic acid groups (broad SMARTS) is 1. The number of carboxylic acids is 1. The average molecular weight is 713 g/mol. The van der Waals surface area contributed by atoms with Crippen LogP contribution in [0.2, 0.25) is 0 Å². The lowest BCUT2D eigenvalue weighted by Crippen LogP contribution is -2.40. The fourth-order valence-electron chi connectivity index (χ4n) is 5.53. The highest BCUT2D eigenvalue weighted by Gasteiger charge is 2.34. The van der Waals surface area contributed by atoms with Gasteiger partial charge in [-0.15, -0.1) is 10.2 Å². The van der Waals surface area contributed by atoms with Gasteiger partial charge in [0, 0.05) is 30.9 Å². The lowest BCUT2D eigenvalue weighted by Gasteiger charge is -2.37. The Hall–Kier alpha value is -2.49. The van der Waals surface area contributed by atoms with Crippen LogP contribution in [0.5, 0.6) is 0 Å². The number of unbranched alkanes of at least 4 members (excludes halogenated alkanes) is 2. The molecule has 0 aromatic carbocycles. The van der Waals surface area contributed by atoms with Crippen molar-refractivity contribution in [2.24, 2.45) is 16.7 Å². The van der Waals surface area contributed by atoms with Crippen LogP contribution in [0.4, 0.5) is 0 Å². The van der Waals surface area contributed by atoms with E-state index in [0.717, 1.165) is 43.5 Å². The Morgan fingerprint density at radius 3 is 1.90 bits per heavy atom. The number of aliphatic carboxylic acids is 1. The summed E-state index contributed by atoms with van der Waals surface area (Å²) in [6.45, 7) is 19.2. The van der Waals surface area contributed by atoms with Crippen LogP contribution >= 0.6 is 0 Å². The number of aryl methyl sites for hydroxylation is 1. The smallest absolute Gasteiger partial charge is 0.303 e. The summed E-state index contributed by atoms with van der Waals surface area (Å²) >= 11 is 0. The summed E-state index contributed by atoms with van der Waals surface area (Å²) < 4.78 is 39.3. The predicted molar refractivity (Wildman–Crippen MR) is 192 cm³/mol. The Morgan fingerprint density at radius 2 is 1.34 bits per heavy atom. The molecule has 2 aromatic rings. The van der Waals surface area contributed by atoms with E-state index < -0.39 is 5.97 Å². The molecule has 2 atom stereocenters. The highest BCUT2D eigenvalue weighted by molar-refractivity contribution is 5.66. The summed E-state index contributed by atoms with van der Waals surface area (Å²) in [6.07, 6.45) is 9.19. The molecule has 0 aliphatic carbocycles. The van der Waals surface area contributed by atoms with Crippen LogP contribution in [0.1, 0.15) is 105 Å². The van der Waals surface area contributed by atoms with Crippen molar-refractivity contribution in [2.75, 3.05) is 60.0 Å². The molecule has 2 rings (SSSR count). The van der Waals surface area contributed by atoms with Crippen molar-refractivity contribution >= 4 is 5.97 Å². The molecule has 290 valence electrons. The highest BCUT2D eigenvalue weighted by atomic mass is 16.5. The van der Waals surface area contributed by atoms with Gasteiger partial charge in [-0.25, -0.2) is 4.68 Å². The quantitative estimate of drug-likeness (QED) is 0.0936. The maximum absolute atomic E-state index is 10.7. The molecule has 50 heavy (non-hydrogen) atoms. The van der Waals surface area contributed by atoms with Crippen molar-refractivity contribution in [3.8, 4) is 0 Å². The van der Waals surface area contributed by atoms with Gasteiger partial charge in [0.25, 0.3) is 0 Å². The second-order valence-corrected chi connectivity index (χ2v) is 13.9. The van der Waals surface area contributed by atoms with Crippen LogP contribution in [0, 0.1) is 16.7 Å². The van der Waals surface area contributed by atoms with Gasteiger partial charge in [-0.2, -0.15) is 0 Å². The minimum Gasteiger partial charge on any atom is -0.481 e. The summed E-state index contributed by atoms with van der Waals surface area (Å²) in [5, 5.41) is 25.8. The number of carbonyl (C=O) groups is 1. The number of hydrogen-bond donors (Lipinski definition) is 1. The van der Waals surface area contributed by atoms with E-state index in [1.807, 2.05) is 26.2 Å². The van der Waals surface area contributed by atoms with Crippen LogP contribution < -0.4 is 0 Å². The van der Waals surface area contributed by atoms with Gasteiger partial charge in [0.05, 0.1) is 91.1 Å². The van der Waals surface area contributed by atoms with Crippen molar-refractivity contribution in [3.63, 3.8) is 0 Å². The molecular weight excluding hydrogens is 644 g/mol. The van der Waals surface area contributed by atoms with Crippen molar-refractivity contribution in [3.05, 3.63) is 23.8 Å². The Bertz CT molecular complexity index is 1150. The Balaban J connectivity index is 0.0000125. The van der Waals surface area contributed by atoms with Gasteiger partial charge in [0.2, 0.25) is 0 Å². The third-order valence-corrected chi connectivity index (χ3v) is 8.54. The van der Waals surface area contributed by atoms with Gasteiger partial charge in [0.1, 0.15) is 11.4 Å². The largest absolute Gasteiger partial charge is 0.481 e. The van der Waals surface area contributed by atoms with E-state index in [4.69, 9.17) is 33.5 Å². The summed E-state index contributed by atoms with van der Waals surface area (Å²) in [7, 11) is 1.65. The Kier molecular flexibility index (Phi) is 23.2. The first-order valence-corrected chi connectivity index (χ1v) is 18.0. The first-order valence-electron chi connectivity index (χ1n) is 18.0. The van der Waals surface area contributed by atoms with Gasteiger partial charge in [-0.3, -0.25) is 9.48 Å². The molecule has 2 aromatic heterocycles. The van der Waals surface area contributed by atoms with E-state index in [2.05, 4.69) is 48.3 Å². The molecule has 0 aliphatic rings. The molecule has 0 spiro atoms. The van der Waals surface area contributed by atoms with E-state index in [-0.39, 0.29) is 30.8 Å². The minimum atomic E-state index is -0.754. The molecule has 0 saturated heterocycles. The van der Waals surface area contributed by atoms with Crippen molar-refractivity contribution in [1.82, 2.24) is 30.0 Å². The molecule has 2 unspecified atom stereocenters. The standard InChI is InChI=1S/C35H64N6O8.CH4/c1-8-34(19-29(3)4,24-46-22-31-20-40(38-36-31)14-12-10-11-13-33(42)43)25-48-27-35(9-2,28-49-30(5)6)26-47-23-32-21-41(39-37-32)15-16-45-18-17-44-7;/h20-21,29-30H,8-19,22-28H2,1-7H3,(H,42,43);1H4. The van der Waals surface area contributed by atoms with E-state index in [0.29, 0.717) is 91.5 Å². The molecular formula is C36H68N6O8. The summed E-state index contributed by atoms with van der Waals surface area (Å²) in [5.74, 6) is -0.279. The van der Waals surface area contributed by atoms with E-state index >= 15 is 0 Å². The number of methoxy groups -OCH3 is 1. The van der Waals surface area contributed by atoms with Gasteiger partial charge in [0.15, 0.2) is 0 Å². The summed E-state index contributed by atoms with van der Waals surface area (Å²) in [4.78, 5) is 10.7. The zero-order valence-corrected chi connectivity index (χ0v) is 31.2. The fraction of sp³-hybridized carbons (Fsp3) is 0.861. The van der Waals surface area contributed by atoms with Crippen molar-refractivity contribution in [2.45, 2.75) is 126 Å². The van der Waals surface area contributed by atoms with E-state index in [1.54, 1.807) is 16.5 Å². The van der Waals surface area contributed by atoms with Gasteiger partial charge in [-0.05, 0) is 51.9 Å². The van der Waals surface area contributed by atoms with Gasteiger partial charge < -0.3 is 33.5 Å². The molecule has 0 aliphatic heterocycles. The molecule has 0 amide bonds. The number of nitrogens with zero attached hydrogens (tertiary/aromatic N) is 6. The lowest BCUT2D eigenvalue weighted by atomic mass is 9.79. The molecule has 0 radical (unpaired) electrons. The van der Waals surface area contributed by atoms with Gasteiger partial charge >= 0.3 is 5.97 Å². The van der Waals surface area contributed by atoms with E-state index in [1.165, 1.54) is 0 Å². The molecule has 0 saturated carbocycles. The first-order chi connectivity index (χ1) is 23.5. The molecule has 2 heterocycles. The van der Waals surface area contributed by atoms with E-state index in [9.17, 15) is 4.79 Å².